The van der Waals surface area contributed by atoms with Crippen LogP contribution in [-0.2, 0) is 13.1 Å². The molecule has 0 saturated heterocycles. The topological polar surface area (TPSA) is 67.7 Å². The van der Waals surface area contributed by atoms with E-state index in [1.807, 2.05) is 40.4 Å². The van der Waals surface area contributed by atoms with Gasteiger partial charge in [0.1, 0.15) is 16.6 Å². The maximum Gasteiger partial charge on any atom is 0.126 e. The minimum Gasteiger partial charge on any atom is -0.367 e. The number of thiazole rings is 1. The van der Waals surface area contributed by atoms with Gasteiger partial charge >= 0.3 is 0 Å². The van der Waals surface area contributed by atoms with E-state index < -0.39 is 0 Å². The van der Waals surface area contributed by atoms with E-state index in [4.69, 9.17) is 11.6 Å². The number of nitrogens with zero attached hydrogens (tertiary/aromatic N) is 4. The van der Waals surface area contributed by atoms with Crippen LogP contribution in [0, 0.1) is 5.82 Å². The molecule has 9 heteroatoms. The van der Waals surface area contributed by atoms with Crippen LogP contribution in [0.1, 0.15) is 36.3 Å². The molecule has 0 radical (unpaired) electrons. The highest BCUT2D eigenvalue weighted by atomic mass is 35.5. The van der Waals surface area contributed by atoms with Crippen LogP contribution < -0.4 is 10.6 Å². The lowest BCUT2D eigenvalue weighted by atomic mass is 9.91. The number of halogens is 2. The van der Waals surface area contributed by atoms with Gasteiger partial charge in [0.2, 0.25) is 0 Å². The van der Waals surface area contributed by atoms with Crippen LogP contribution in [0.4, 0.5) is 10.2 Å². The zero-order chi connectivity index (χ0) is 25.9. The van der Waals surface area contributed by atoms with Gasteiger partial charge in [-0.25, -0.2) is 19.3 Å². The average Bonchev–Trinajstić information content (AvgIpc) is 3.59. The highest BCUT2D eigenvalue weighted by Crippen LogP contribution is 2.32. The molecule has 1 aliphatic rings. The van der Waals surface area contributed by atoms with Crippen LogP contribution in [0.5, 0.6) is 0 Å². The summed E-state index contributed by atoms with van der Waals surface area (Å²) in [6, 6.07) is 15.7. The third-order valence-corrected chi connectivity index (χ3v) is 8.21. The highest BCUT2D eigenvalue weighted by molar-refractivity contribution is 7.09. The molecule has 0 atom stereocenters. The van der Waals surface area contributed by atoms with E-state index in [9.17, 15) is 4.39 Å². The molecule has 0 unspecified atom stereocenters. The number of fused-ring (bicyclic) bond motifs is 1. The molecule has 38 heavy (non-hydrogen) atoms. The van der Waals surface area contributed by atoms with Crippen LogP contribution >= 0.6 is 22.9 Å². The second-order valence-electron chi connectivity index (χ2n) is 9.75. The van der Waals surface area contributed by atoms with Crippen molar-refractivity contribution in [3.63, 3.8) is 0 Å². The van der Waals surface area contributed by atoms with Crippen molar-refractivity contribution in [3.8, 4) is 11.1 Å². The minimum atomic E-state index is -0.239. The molecule has 3 aromatic heterocycles. The van der Waals surface area contributed by atoms with E-state index in [0.717, 1.165) is 70.8 Å². The van der Waals surface area contributed by atoms with Gasteiger partial charge in [-0.05, 0) is 67.1 Å². The Balaban J connectivity index is 1.15. The van der Waals surface area contributed by atoms with Gasteiger partial charge in [0.25, 0.3) is 0 Å². The summed E-state index contributed by atoms with van der Waals surface area (Å²) in [5.41, 5.74) is 4.65. The third kappa shape index (κ3) is 5.72. The zero-order valence-corrected chi connectivity index (χ0v) is 22.4. The van der Waals surface area contributed by atoms with Gasteiger partial charge in [-0.2, -0.15) is 0 Å². The van der Waals surface area contributed by atoms with E-state index in [0.29, 0.717) is 23.7 Å². The molecule has 6 rings (SSSR count). The van der Waals surface area contributed by atoms with Crippen molar-refractivity contribution in [1.82, 2.24) is 24.8 Å². The van der Waals surface area contributed by atoms with Gasteiger partial charge in [0, 0.05) is 48.5 Å². The summed E-state index contributed by atoms with van der Waals surface area (Å²) >= 11 is 8.31. The lowest BCUT2D eigenvalue weighted by Gasteiger charge is -2.30. The average molecular weight is 547 g/mol. The summed E-state index contributed by atoms with van der Waals surface area (Å²) in [4.78, 5) is 13.4. The number of nitrogens with one attached hydrogen (secondary N) is 2. The number of benzene rings is 2. The Morgan fingerprint density at radius 3 is 2.68 bits per heavy atom. The Morgan fingerprint density at radius 2 is 1.87 bits per heavy atom. The molecule has 0 amide bonds. The van der Waals surface area contributed by atoms with E-state index in [1.54, 1.807) is 36.0 Å². The summed E-state index contributed by atoms with van der Waals surface area (Å²) in [5, 5.41) is 11.0. The van der Waals surface area contributed by atoms with E-state index in [1.165, 1.54) is 6.07 Å². The smallest absolute Gasteiger partial charge is 0.126 e. The van der Waals surface area contributed by atoms with Crippen LogP contribution in [0.3, 0.4) is 0 Å². The Hall–Kier alpha value is -3.33. The number of hydrogen-bond acceptors (Lipinski definition) is 6. The number of hydrogen-bond donors (Lipinski definition) is 2. The first kappa shape index (κ1) is 25.0. The first-order chi connectivity index (χ1) is 18.6. The van der Waals surface area contributed by atoms with Crippen molar-refractivity contribution in [1.29, 1.82) is 0 Å². The van der Waals surface area contributed by atoms with Gasteiger partial charge < -0.3 is 15.2 Å². The van der Waals surface area contributed by atoms with Gasteiger partial charge in [-0.3, -0.25) is 0 Å². The fourth-order valence-electron chi connectivity index (χ4n) is 5.14. The Morgan fingerprint density at radius 1 is 1.00 bits per heavy atom. The lowest BCUT2D eigenvalue weighted by molar-refractivity contribution is 0.352. The Kier molecular flexibility index (Phi) is 7.35. The summed E-state index contributed by atoms with van der Waals surface area (Å²) < 4.78 is 15.7. The first-order valence-corrected chi connectivity index (χ1v) is 14.1. The first-order valence-electron chi connectivity index (χ1n) is 12.8. The fourth-order valence-corrected chi connectivity index (χ4v) is 5.92. The van der Waals surface area contributed by atoms with Crippen LogP contribution in [-0.4, -0.2) is 31.6 Å². The maximum absolute atomic E-state index is 13.7. The number of imidazole rings is 1. The molecule has 1 aliphatic carbocycles. The maximum atomic E-state index is 13.7. The lowest BCUT2D eigenvalue weighted by Crippen LogP contribution is -2.36. The molecular weight excluding hydrogens is 519 g/mol. The van der Waals surface area contributed by atoms with E-state index in [2.05, 4.69) is 31.7 Å². The SMILES string of the molecule is Fc1cccc(Cn2cnc3ccc(-c4cc(N[C@H]5CC[C@H](NCc6nccs6)CC5)ncc4Cl)cc32)c1. The van der Waals surface area contributed by atoms with E-state index in [-0.39, 0.29) is 5.82 Å². The summed E-state index contributed by atoms with van der Waals surface area (Å²) in [6.45, 7) is 1.38. The van der Waals surface area contributed by atoms with Crippen molar-refractivity contribution in [3.05, 3.63) is 94.0 Å². The van der Waals surface area contributed by atoms with Crippen LogP contribution in [0.2, 0.25) is 5.02 Å². The predicted octanol–water partition coefficient (Wildman–Crippen LogP) is 6.91. The second kappa shape index (κ2) is 11.2. The molecule has 0 aliphatic heterocycles. The normalized spacial score (nSPS) is 17.6. The standard InChI is InChI=1S/C29H28ClFN6S/c30-25-15-34-28(36-23-7-5-22(6-8-23)33-16-29-32-10-11-38-29)14-24(25)20-4-9-26-27(13-20)37(18-35-26)17-19-2-1-3-21(31)12-19/h1-4,9-15,18,22-23,33H,5-8,16-17H2,(H,34,36)/t22-,23-. The quantitative estimate of drug-likeness (QED) is 0.221. The number of pyridine rings is 1. The molecule has 2 N–H and O–H groups in total. The predicted molar refractivity (Wildman–Crippen MR) is 152 cm³/mol. The summed E-state index contributed by atoms with van der Waals surface area (Å²) in [6.07, 6.45) is 9.78. The van der Waals surface area contributed by atoms with Gasteiger partial charge in [-0.15, -0.1) is 11.3 Å². The molecule has 0 spiro atoms. The Labute approximate surface area is 229 Å². The number of aromatic nitrogens is 4. The van der Waals surface area contributed by atoms with Crippen LogP contribution in [0.15, 0.2) is 72.6 Å². The van der Waals surface area contributed by atoms with Gasteiger partial charge in [-0.1, -0.05) is 29.8 Å². The monoisotopic (exact) mass is 546 g/mol. The highest BCUT2D eigenvalue weighted by Gasteiger charge is 2.21. The molecule has 5 aromatic rings. The summed E-state index contributed by atoms with van der Waals surface area (Å²) in [7, 11) is 0. The molecular formula is C29H28ClFN6S. The second-order valence-corrected chi connectivity index (χ2v) is 11.1. The minimum absolute atomic E-state index is 0.239. The van der Waals surface area contributed by atoms with Crippen molar-refractivity contribution in [2.45, 2.75) is 50.9 Å². The van der Waals surface area contributed by atoms with Crippen molar-refractivity contribution >= 4 is 39.8 Å². The van der Waals surface area contributed by atoms with Gasteiger partial charge in [0.05, 0.1) is 22.4 Å². The largest absolute Gasteiger partial charge is 0.367 e. The Bertz CT molecular complexity index is 1530. The third-order valence-electron chi connectivity index (χ3n) is 7.13. The molecule has 2 aromatic carbocycles. The summed E-state index contributed by atoms with van der Waals surface area (Å²) in [5.74, 6) is 0.591. The number of anilines is 1. The van der Waals surface area contributed by atoms with Crippen molar-refractivity contribution < 1.29 is 4.39 Å². The van der Waals surface area contributed by atoms with Crippen molar-refractivity contribution in [2.24, 2.45) is 0 Å². The molecule has 0 bridgehead atoms. The molecule has 1 saturated carbocycles. The molecule has 1 fully saturated rings. The van der Waals surface area contributed by atoms with Gasteiger partial charge in [0.15, 0.2) is 0 Å². The zero-order valence-electron chi connectivity index (χ0n) is 20.8. The number of rotatable bonds is 8. The van der Waals surface area contributed by atoms with Crippen LogP contribution in [0.25, 0.3) is 22.2 Å². The van der Waals surface area contributed by atoms with E-state index >= 15 is 0 Å². The molecule has 6 nitrogen and oxygen atoms in total. The molecule has 3 heterocycles. The fraction of sp³-hybridized carbons (Fsp3) is 0.276. The molecule has 194 valence electrons. The van der Waals surface area contributed by atoms with Crippen molar-refractivity contribution in [2.75, 3.05) is 5.32 Å².